The molecular weight excluding hydrogens is 394 g/mol. The van der Waals surface area contributed by atoms with E-state index in [0.29, 0.717) is 47.9 Å². The molecule has 0 bridgehead atoms. The zero-order valence-electron chi connectivity index (χ0n) is 15.8. The average molecular weight is 416 g/mol. The lowest BCUT2D eigenvalue weighted by Gasteiger charge is -2.27. The summed E-state index contributed by atoms with van der Waals surface area (Å²) in [6.07, 6.45) is 2.59. The third-order valence-corrected chi connectivity index (χ3v) is 6.69. The summed E-state index contributed by atoms with van der Waals surface area (Å²) >= 11 is 3.04. The van der Waals surface area contributed by atoms with E-state index in [1.165, 1.54) is 22.7 Å². The van der Waals surface area contributed by atoms with Crippen molar-refractivity contribution in [2.45, 2.75) is 20.3 Å². The van der Waals surface area contributed by atoms with Crippen molar-refractivity contribution >= 4 is 50.4 Å². The number of aromatic amines is 1. The Morgan fingerprint density at radius 3 is 2.86 bits per heavy atom. The predicted molar refractivity (Wildman–Crippen MR) is 114 cm³/mol. The van der Waals surface area contributed by atoms with Gasteiger partial charge < -0.3 is 14.6 Å². The molecule has 0 spiro atoms. The summed E-state index contributed by atoms with van der Waals surface area (Å²) in [6.45, 7) is 6.14. The van der Waals surface area contributed by atoms with Gasteiger partial charge in [0.25, 0.3) is 11.5 Å². The molecule has 3 aromatic heterocycles. The fourth-order valence-electron chi connectivity index (χ4n) is 3.41. The zero-order valence-corrected chi connectivity index (χ0v) is 17.4. The van der Waals surface area contributed by atoms with Gasteiger partial charge in [-0.2, -0.15) is 0 Å². The second-order valence-corrected chi connectivity index (χ2v) is 8.75. The molecule has 3 aromatic rings. The Morgan fingerprint density at radius 2 is 2.18 bits per heavy atom. The first-order valence-corrected chi connectivity index (χ1v) is 10.9. The van der Waals surface area contributed by atoms with Gasteiger partial charge in [0.05, 0.1) is 24.2 Å². The lowest BCUT2D eigenvalue weighted by Crippen LogP contribution is -2.41. The number of thiophene rings is 2. The SMILES string of the molecule is CCc1c(C)sc2nc(C(=Cc3cccs3)C(=O)N3CCOCC3)[nH]c(=O)c12. The van der Waals surface area contributed by atoms with E-state index in [1.807, 2.05) is 37.4 Å². The van der Waals surface area contributed by atoms with Gasteiger partial charge in [-0.1, -0.05) is 13.0 Å². The summed E-state index contributed by atoms with van der Waals surface area (Å²) in [7, 11) is 0. The lowest BCUT2D eigenvalue weighted by atomic mass is 10.1. The highest BCUT2D eigenvalue weighted by molar-refractivity contribution is 7.18. The number of nitrogens with one attached hydrogen (secondary N) is 1. The molecule has 146 valence electrons. The third kappa shape index (κ3) is 3.55. The molecule has 1 aliphatic rings. The number of carbonyl (C=O) groups excluding carboxylic acids is 1. The molecule has 1 saturated heterocycles. The number of aromatic nitrogens is 2. The summed E-state index contributed by atoms with van der Waals surface area (Å²) in [5, 5.41) is 2.60. The fraction of sp³-hybridized carbons (Fsp3) is 0.350. The topological polar surface area (TPSA) is 75.3 Å². The largest absolute Gasteiger partial charge is 0.378 e. The molecule has 1 N–H and O–H groups in total. The number of fused-ring (bicyclic) bond motifs is 1. The first kappa shape index (κ1) is 19.0. The lowest BCUT2D eigenvalue weighted by molar-refractivity contribution is -0.128. The molecule has 8 heteroatoms. The zero-order chi connectivity index (χ0) is 19.7. The van der Waals surface area contributed by atoms with Crippen LogP contribution in [0.3, 0.4) is 0 Å². The van der Waals surface area contributed by atoms with Crippen LogP contribution in [0.5, 0.6) is 0 Å². The van der Waals surface area contributed by atoms with Gasteiger partial charge in [0, 0.05) is 22.8 Å². The summed E-state index contributed by atoms with van der Waals surface area (Å²) in [5.41, 5.74) is 1.25. The minimum absolute atomic E-state index is 0.136. The standard InChI is InChI=1S/C20H21N3O3S2/c1-3-14-12(2)28-19-16(14)18(24)21-17(22-19)15(11-13-5-4-10-27-13)20(25)23-6-8-26-9-7-23/h4-5,10-11H,3,6-9H2,1-2H3,(H,21,22,24). The number of nitrogens with zero attached hydrogens (tertiary/aromatic N) is 2. The van der Waals surface area contributed by atoms with Crippen molar-refractivity contribution in [2.24, 2.45) is 0 Å². The van der Waals surface area contributed by atoms with Crippen LogP contribution in [0.4, 0.5) is 0 Å². The van der Waals surface area contributed by atoms with E-state index >= 15 is 0 Å². The normalized spacial score (nSPS) is 15.4. The smallest absolute Gasteiger partial charge is 0.260 e. The molecule has 0 saturated carbocycles. The minimum Gasteiger partial charge on any atom is -0.378 e. The van der Waals surface area contributed by atoms with E-state index in [9.17, 15) is 9.59 Å². The number of H-pyrrole nitrogens is 1. The number of ether oxygens (including phenoxy) is 1. The Labute approximate surface area is 170 Å². The molecule has 0 atom stereocenters. The van der Waals surface area contributed by atoms with Gasteiger partial charge in [-0.05, 0) is 36.4 Å². The Kier molecular flexibility index (Phi) is 5.43. The maximum absolute atomic E-state index is 13.2. The molecule has 28 heavy (non-hydrogen) atoms. The van der Waals surface area contributed by atoms with Crippen molar-refractivity contribution in [2.75, 3.05) is 26.3 Å². The van der Waals surface area contributed by atoms with E-state index in [-0.39, 0.29) is 11.5 Å². The molecule has 6 nitrogen and oxygen atoms in total. The van der Waals surface area contributed by atoms with Crippen LogP contribution in [-0.4, -0.2) is 47.1 Å². The predicted octanol–water partition coefficient (Wildman–Crippen LogP) is 3.32. The summed E-state index contributed by atoms with van der Waals surface area (Å²) < 4.78 is 5.36. The van der Waals surface area contributed by atoms with Gasteiger partial charge in [0.15, 0.2) is 0 Å². The van der Waals surface area contributed by atoms with Crippen molar-refractivity contribution < 1.29 is 9.53 Å². The highest BCUT2D eigenvalue weighted by Crippen LogP contribution is 2.29. The second kappa shape index (κ2) is 7.98. The number of hydrogen-bond donors (Lipinski definition) is 1. The second-order valence-electron chi connectivity index (χ2n) is 6.56. The van der Waals surface area contributed by atoms with Crippen LogP contribution in [0.1, 0.15) is 28.1 Å². The van der Waals surface area contributed by atoms with Crippen molar-refractivity contribution in [1.29, 1.82) is 0 Å². The van der Waals surface area contributed by atoms with Crippen molar-refractivity contribution in [3.63, 3.8) is 0 Å². The van der Waals surface area contributed by atoms with E-state index in [0.717, 1.165) is 21.7 Å². The monoisotopic (exact) mass is 415 g/mol. The van der Waals surface area contributed by atoms with E-state index in [1.54, 1.807) is 4.90 Å². The Balaban J connectivity index is 1.84. The van der Waals surface area contributed by atoms with E-state index in [2.05, 4.69) is 9.97 Å². The Morgan fingerprint density at radius 1 is 1.39 bits per heavy atom. The molecule has 0 aromatic carbocycles. The number of hydrogen-bond acceptors (Lipinski definition) is 6. The molecule has 0 unspecified atom stereocenters. The van der Waals surface area contributed by atoms with Crippen molar-refractivity contribution in [3.05, 3.63) is 49.0 Å². The number of rotatable bonds is 4. The van der Waals surface area contributed by atoms with Crippen molar-refractivity contribution in [1.82, 2.24) is 14.9 Å². The van der Waals surface area contributed by atoms with Crippen LogP contribution in [0, 0.1) is 6.92 Å². The van der Waals surface area contributed by atoms with Gasteiger partial charge in [0.1, 0.15) is 10.7 Å². The maximum Gasteiger partial charge on any atom is 0.260 e. The van der Waals surface area contributed by atoms with Crippen LogP contribution < -0.4 is 5.56 Å². The fourth-order valence-corrected chi connectivity index (χ4v) is 5.18. The first-order valence-electron chi connectivity index (χ1n) is 9.23. The summed E-state index contributed by atoms with van der Waals surface area (Å²) in [6, 6.07) is 3.88. The van der Waals surface area contributed by atoms with Crippen LogP contribution in [-0.2, 0) is 16.0 Å². The summed E-state index contributed by atoms with van der Waals surface area (Å²) in [4.78, 5) is 38.1. The average Bonchev–Trinajstić information content (AvgIpc) is 3.33. The number of aryl methyl sites for hydroxylation is 2. The van der Waals surface area contributed by atoms with E-state index < -0.39 is 0 Å². The quantitative estimate of drug-likeness (QED) is 0.664. The minimum atomic E-state index is -0.187. The first-order chi connectivity index (χ1) is 13.6. The van der Waals surface area contributed by atoms with Gasteiger partial charge in [-0.25, -0.2) is 4.98 Å². The van der Waals surface area contributed by atoms with E-state index in [4.69, 9.17) is 4.74 Å². The molecule has 1 amide bonds. The number of morpholine rings is 1. The maximum atomic E-state index is 13.2. The molecule has 1 aliphatic heterocycles. The molecule has 0 radical (unpaired) electrons. The van der Waals surface area contributed by atoms with Crippen LogP contribution in [0.25, 0.3) is 21.9 Å². The van der Waals surface area contributed by atoms with Crippen molar-refractivity contribution in [3.8, 4) is 0 Å². The highest BCUT2D eigenvalue weighted by Gasteiger charge is 2.25. The van der Waals surface area contributed by atoms with Crippen LogP contribution in [0.2, 0.25) is 0 Å². The molecule has 4 rings (SSSR count). The van der Waals surface area contributed by atoms with Crippen LogP contribution in [0.15, 0.2) is 22.3 Å². The molecule has 0 aliphatic carbocycles. The van der Waals surface area contributed by atoms with Crippen LogP contribution >= 0.6 is 22.7 Å². The third-order valence-electron chi connectivity index (χ3n) is 4.83. The molecular formula is C20H21N3O3S2. The Hall–Kier alpha value is -2.29. The van der Waals surface area contributed by atoms with Gasteiger partial charge in [0.2, 0.25) is 0 Å². The van der Waals surface area contributed by atoms with Gasteiger partial charge >= 0.3 is 0 Å². The Bertz CT molecular complexity index is 1090. The summed E-state index contributed by atoms with van der Waals surface area (Å²) in [5.74, 6) is 0.189. The number of carbonyl (C=O) groups is 1. The van der Waals surface area contributed by atoms with Gasteiger partial charge in [-0.15, -0.1) is 22.7 Å². The number of amides is 1. The highest BCUT2D eigenvalue weighted by atomic mass is 32.1. The molecule has 1 fully saturated rings. The van der Waals surface area contributed by atoms with Gasteiger partial charge in [-0.3, -0.25) is 9.59 Å². The molecule has 4 heterocycles.